The Morgan fingerprint density at radius 2 is 0.971 bits per heavy atom. The molecule has 0 N–H and O–H groups in total. The van der Waals surface area contributed by atoms with Crippen molar-refractivity contribution in [3.63, 3.8) is 0 Å². The molecule has 8 heteroatoms. The van der Waals surface area contributed by atoms with E-state index >= 15 is 0 Å². The maximum absolute atomic E-state index is 6.54. The van der Waals surface area contributed by atoms with Gasteiger partial charge in [0.25, 0.3) is 0 Å². The Morgan fingerprint density at radius 1 is 0.371 bits per heavy atom. The predicted octanol–water partition coefficient (Wildman–Crippen LogP) is 12.5. The van der Waals surface area contributed by atoms with E-state index in [0.29, 0.717) is 17.6 Å². The van der Waals surface area contributed by atoms with Gasteiger partial charge in [0.1, 0.15) is 22.3 Å². The van der Waals surface area contributed by atoms with Crippen LogP contribution in [0, 0.1) is 0 Å². The van der Waals surface area contributed by atoms with Gasteiger partial charge in [0.15, 0.2) is 19.7 Å². The minimum absolute atomic E-state index is 0.504. The smallest absolute Gasteiger partial charge is 0.238 e. The zero-order chi connectivity index (χ0) is 46.2. The SMILES string of the molecule is c1ccc([Si](c2ccccc2)(c2ccccc2)c2cccc(-c3nc(-c4cccc5oc6ccncc6c45)nc(-n4c5ccccc5c5cc(-c6cccc7c6oc6ccccc67)ccc54)n3)c2)cc1. The molecule has 7 nitrogen and oxygen atoms in total. The van der Waals surface area contributed by atoms with Crippen molar-refractivity contribution in [1.29, 1.82) is 0 Å². The third kappa shape index (κ3) is 6.13. The lowest BCUT2D eigenvalue weighted by Crippen LogP contribution is -2.74. The Balaban J connectivity index is 1.02. The summed E-state index contributed by atoms with van der Waals surface area (Å²) in [4.78, 5) is 20.9. The molecule has 0 amide bonds. The van der Waals surface area contributed by atoms with E-state index in [1.54, 1.807) is 6.20 Å². The number of hydrogen-bond acceptors (Lipinski definition) is 6. The van der Waals surface area contributed by atoms with E-state index < -0.39 is 8.07 Å². The molecule has 0 radical (unpaired) electrons. The molecule has 14 aromatic rings. The maximum atomic E-state index is 6.54. The van der Waals surface area contributed by atoms with E-state index in [0.717, 1.165) is 87.9 Å². The van der Waals surface area contributed by atoms with Crippen LogP contribution in [-0.4, -0.2) is 32.6 Å². The van der Waals surface area contributed by atoms with Crippen LogP contribution in [0.25, 0.3) is 106 Å². The van der Waals surface area contributed by atoms with Gasteiger partial charge in [-0.3, -0.25) is 9.55 Å². The number of aromatic nitrogens is 5. The van der Waals surface area contributed by atoms with Crippen LogP contribution in [0.15, 0.2) is 246 Å². The molecule has 0 saturated heterocycles. The second-order valence-electron chi connectivity index (χ2n) is 17.7. The first kappa shape index (κ1) is 39.9. The highest BCUT2D eigenvalue weighted by Crippen LogP contribution is 2.40. The van der Waals surface area contributed by atoms with Gasteiger partial charge in [0, 0.05) is 61.4 Å². The summed E-state index contributed by atoms with van der Waals surface area (Å²) in [5.74, 6) is 1.59. The highest BCUT2D eigenvalue weighted by atomic mass is 28.3. The molecule has 5 aromatic heterocycles. The van der Waals surface area contributed by atoms with Crippen LogP contribution in [0.4, 0.5) is 0 Å². The molecule has 0 bridgehead atoms. The number of benzene rings is 9. The molecule has 0 aliphatic heterocycles. The maximum Gasteiger partial charge on any atom is 0.238 e. The van der Waals surface area contributed by atoms with E-state index in [1.165, 1.54) is 20.7 Å². The summed E-state index contributed by atoms with van der Waals surface area (Å²) < 4.78 is 15.1. The van der Waals surface area contributed by atoms with Gasteiger partial charge in [0.2, 0.25) is 5.95 Å². The molecular weight excluding hydrogens is 875 g/mol. The largest absolute Gasteiger partial charge is 0.456 e. The Hall–Kier alpha value is -9.24. The van der Waals surface area contributed by atoms with Crippen LogP contribution in [0.2, 0.25) is 0 Å². The molecule has 0 spiro atoms. The van der Waals surface area contributed by atoms with Crippen molar-refractivity contribution in [2.24, 2.45) is 0 Å². The molecule has 9 aromatic carbocycles. The van der Waals surface area contributed by atoms with Gasteiger partial charge in [-0.05, 0) is 62.7 Å². The van der Waals surface area contributed by atoms with Gasteiger partial charge in [0.05, 0.1) is 11.0 Å². The van der Waals surface area contributed by atoms with Gasteiger partial charge in [-0.15, -0.1) is 0 Å². The molecule has 0 fully saturated rings. The summed E-state index contributed by atoms with van der Waals surface area (Å²) in [5.41, 5.74) is 8.99. The van der Waals surface area contributed by atoms with Crippen LogP contribution in [0.1, 0.15) is 0 Å². The third-order valence-electron chi connectivity index (χ3n) is 13.9. The van der Waals surface area contributed by atoms with Crippen molar-refractivity contribution in [3.8, 4) is 39.9 Å². The van der Waals surface area contributed by atoms with Crippen LogP contribution in [0.5, 0.6) is 0 Å². The zero-order valence-corrected chi connectivity index (χ0v) is 38.6. The lowest BCUT2D eigenvalue weighted by Gasteiger charge is -2.34. The van der Waals surface area contributed by atoms with Crippen LogP contribution < -0.4 is 20.7 Å². The van der Waals surface area contributed by atoms with Crippen molar-refractivity contribution in [3.05, 3.63) is 237 Å². The van der Waals surface area contributed by atoms with Crippen molar-refractivity contribution >= 4 is 94.5 Å². The van der Waals surface area contributed by atoms with Crippen molar-refractivity contribution in [1.82, 2.24) is 24.5 Å². The first-order valence-electron chi connectivity index (χ1n) is 23.4. The molecule has 328 valence electrons. The molecule has 0 atom stereocenters. The van der Waals surface area contributed by atoms with Crippen molar-refractivity contribution in [2.45, 2.75) is 0 Å². The van der Waals surface area contributed by atoms with Gasteiger partial charge in [-0.2, -0.15) is 9.97 Å². The molecule has 5 heterocycles. The normalized spacial score (nSPS) is 12.0. The van der Waals surface area contributed by atoms with Gasteiger partial charge in [-0.1, -0.05) is 188 Å². The number of nitrogens with zero attached hydrogens (tertiary/aromatic N) is 5. The summed E-state index contributed by atoms with van der Waals surface area (Å²) >= 11 is 0. The third-order valence-corrected chi connectivity index (χ3v) is 18.7. The second-order valence-corrected chi connectivity index (χ2v) is 21.5. The minimum atomic E-state index is -2.90. The molecule has 70 heavy (non-hydrogen) atoms. The monoisotopic (exact) mass is 913 g/mol. The zero-order valence-electron chi connectivity index (χ0n) is 37.6. The van der Waals surface area contributed by atoms with Crippen LogP contribution in [-0.2, 0) is 0 Å². The lowest BCUT2D eigenvalue weighted by atomic mass is 10.0. The fourth-order valence-electron chi connectivity index (χ4n) is 10.9. The quantitative estimate of drug-likeness (QED) is 0.112. The Morgan fingerprint density at radius 3 is 1.76 bits per heavy atom. The summed E-state index contributed by atoms with van der Waals surface area (Å²) in [6.45, 7) is 0. The van der Waals surface area contributed by atoms with E-state index in [4.69, 9.17) is 23.8 Å². The summed E-state index contributed by atoms with van der Waals surface area (Å²) in [5, 5.41) is 11.2. The minimum Gasteiger partial charge on any atom is -0.456 e. The van der Waals surface area contributed by atoms with E-state index in [-0.39, 0.29) is 0 Å². The predicted molar refractivity (Wildman–Crippen MR) is 286 cm³/mol. The number of hydrogen-bond donors (Lipinski definition) is 0. The summed E-state index contributed by atoms with van der Waals surface area (Å²) in [6, 6.07) is 79.5. The Bertz CT molecular complexity index is 4220. The number of pyridine rings is 1. The highest BCUT2D eigenvalue weighted by molar-refractivity contribution is 7.19. The Labute approximate surface area is 402 Å². The molecule has 0 aliphatic rings. The van der Waals surface area contributed by atoms with Crippen LogP contribution >= 0.6 is 0 Å². The second kappa shape index (κ2) is 15.9. The molecule has 0 unspecified atom stereocenters. The van der Waals surface area contributed by atoms with E-state index in [9.17, 15) is 0 Å². The molecule has 14 rings (SSSR count). The first-order valence-corrected chi connectivity index (χ1v) is 25.4. The number of para-hydroxylation sites is 3. The average Bonchev–Trinajstić information content (AvgIpc) is 4.12. The van der Waals surface area contributed by atoms with E-state index in [1.807, 2.05) is 36.5 Å². The fraction of sp³-hybridized carbons (Fsp3) is 0. The summed E-state index contributed by atoms with van der Waals surface area (Å²) in [6.07, 6.45) is 3.61. The molecular formula is C62H39N5O2Si. The van der Waals surface area contributed by atoms with Crippen molar-refractivity contribution in [2.75, 3.05) is 0 Å². The number of rotatable bonds is 8. The standard InChI is InChI=1S/C62H39N5O2Si/c1-4-18-42(19-5-1)70(43-20-6-2-7-21-43,44-22-8-3-9-23-44)45-24-14-17-41(37-45)60-64-61(50-29-16-32-57-58(50)52-39-63-36-35-56(52)68-57)66-62(65-60)67-53-30-12-10-25-47(53)51-38-40(33-34-54(51)67)46-27-15-28-49-48-26-11-13-31-55(48)69-59(46)49/h1-39H. The highest BCUT2D eigenvalue weighted by Gasteiger charge is 2.41. The number of fused-ring (bicyclic) bond motifs is 9. The Kier molecular flexibility index (Phi) is 9.08. The van der Waals surface area contributed by atoms with Gasteiger partial charge < -0.3 is 8.83 Å². The first-order chi connectivity index (χ1) is 34.7. The van der Waals surface area contributed by atoms with Crippen LogP contribution in [0.3, 0.4) is 0 Å². The average molecular weight is 914 g/mol. The lowest BCUT2D eigenvalue weighted by molar-refractivity contribution is 0.668. The topological polar surface area (TPSA) is 82.8 Å². The fourth-order valence-corrected chi connectivity index (χ4v) is 15.7. The van der Waals surface area contributed by atoms with Gasteiger partial charge >= 0.3 is 0 Å². The van der Waals surface area contributed by atoms with Gasteiger partial charge in [-0.25, -0.2) is 4.98 Å². The van der Waals surface area contributed by atoms with E-state index in [2.05, 4.69) is 204 Å². The molecule has 0 saturated carbocycles. The van der Waals surface area contributed by atoms with Crippen molar-refractivity contribution < 1.29 is 8.83 Å². The summed E-state index contributed by atoms with van der Waals surface area (Å²) in [7, 11) is -2.90. The molecule has 0 aliphatic carbocycles. The number of furan rings is 2.